The first-order valence-corrected chi connectivity index (χ1v) is 6.21. The lowest BCUT2D eigenvalue weighted by atomic mass is 10.2. The molecular formula is C14H19NO4. The molecule has 0 unspecified atom stereocenters. The number of carbonyl (C=O) groups excluding carboxylic acids is 2. The van der Waals surface area contributed by atoms with Crippen molar-refractivity contribution in [2.45, 2.75) is 26.3 Å². The van der Waals surface area contributed by atoms with Crippen LogP contribution in [0.25, 0.3) is 0 Å². The molecule has 1 rings (SSSR count). The molecule has 5 heteroatoms. The predicted molar refractivity (Wildman–Crippen MR) is 70.4 cm³/mol. The van der Waals surface area contributed by atoms with Gasteiger partial charge in [-0.05, 0) is 13.0 Å². The van der Waals surface area contributed by atoms with Crippen molar-refractivity contribution in [3.8, 4) is 5.75 Å². The number of benzene rings is 1. The van der Waals surface area contributed by atoms with Gasteiger partial charge in [0.05, 0.1) is 13.0 Å². The highest BCUT2D eigenvalue weighted by Crippen LogP contribution is 2.17. The van der Waals surface area contributed by atoms with Crippen LogP contribution >= 0.6 is 0 Å². The molecule has 1 amide bonds. The zero-order valence-electron chi connectivity index (χ0n) is 11.3. The summed E-state index contributed by atoms with van der Waals surface area (Å²) < 4.78 is 4.76. The molecule has 0 saturated carbocycles. The van der Waals surface area contributed by atoms with Crippen molar-refractivity contribution in [2.75, 3.05) is 13.7 Å². The highest BCUT2D eigenvalue weighted by molar-refractivity contribution is 5.81. The second-order valence-electron chi connectivity index (χ2n) is 4.18. The molecule has 1 aromatic carbocycles. The third-order valence-corrected chi connectivity index (χ3v) is 2.67. The highest BCUT2D eigenvalue weighted by Gasteiger charge is 2.13. The first-order valence-electron chi connectivity index (χ1n) is 6.21. The van der Waals surface area contributed by atoms with Crippen molar-refractivity contribution < 1.29 is 19.4 Å². The van der Waals surface area contributed by atoms with Crippen LogP contribution in [-0.4, -0.2) is 35.5 Å². The number of rotatable bonds is 6. The Morgan fingerprint density at radius 1 is 1.26 bits per heavy atom. The van der Waals surface area contributed by atoms with Gasteiger partial charge in [-0.3, -0.25) is 9.59 Å². The van der Waals surface area contributed by atoms with Gasteiger partial charge in [0, 0.05) is 25.6 Å². The Labute approximate surface area is 112 Å². The summed E-state index contributed by atoms with van der Waals surface area (Å²) in [6.45, 7) is 2.36. The number of esters is 1. The molecule has 0 saturated heterocycles. The molecule has 0 fully saturated rings. The maximum Gasteiger partial charge on any atom is 0.306 e. The lowest BCUT2D eigenvalue weighted by Gasteiger charge is -2.17. The van der Waals surface area contributed by atoms with E-state index in [4.69, 9.17) is 4.74 Å². The van der Waals surface area contributed by atoms with Crippen LogP contribution in [0.3, 0.4) is 0 Å². The number of hydrogen-bond donors (Lipinski definition) is 1. The summed E-state index contributed by atoms with van der Waals surface area (Å²) in [7, 11) is 1.64. The third kappa shape index (κ3) is 4.99. The van der Waals surface area contributed by atoms with Gasteiger partial charge in [0.2, 0.25) is 5.91 Å². The minimum Gasteiger partial charge on any atom is -0.508 e. The van der Waals surface area contributed by atoms with Gasteiger partial charge in [-0.1, -0.05) is 18.2 Å². The Morgan fingerprint density at radius 3 is 2.58 bits per heavy atom. The average molecular weight is 265 g/mol. The highest BCUT2D eigenvalue weighted by atomic mass is 16.5. The van der Waals surface area contributed by atoms with E-state index in [1.165, 1.54) is 4.90 Å². The molecule has 19 heavy (non-hydrogen) atoms. The first kappa shape index (κ1) is 15.0. The largest absolute Gasteiger partial charge is 0.508 e. The van der Waals surface area contributed by atoms with E-state index in [2.05, 4.69) is 0 Å². The monoisotopic (exact) mass is 265 g/mol. The van der Waals surface area contributed by atoms with Crippen LogP contribution in [0.15, 0.2) is 24.3 Å². The molecular weight excluding hydrogens is 246 g/mol. The van der Waals surface area contributed by atoms with Crippen LogP contribution < -0.4 is 0 Å². The van der Waals surface area contributed by atoms with Crippen molar-refractivity contribution in [1.82, 2.24) is 4.90 Å². The summed E-state index contributed by atoms with van der Waals surface area (Å²) in [6.07, 6.45) is 0.195. The lowest BCUT2D eigenvalue weighted by Crippen LogP contribution is -2.26. The van der Waals surface area contributed by atoms with Crippen molar-refractivity contribution in [1.29, 1.82) is 0 Å². The van der Waals surface area contributed by atoms with E-state index in [1.807, 2.05) is 0 Å². The van der Waals surface area contributed by atoms with Crippen LogP contribution in [0, 0.1) is 0 Å². The molecule has 1 N–H and O–H groups in total. The minimum absolute atomic E-state index is 0.0811. The Morgan fingerprint density at radius 2 is 1.95 bits per heavy atom. The van der Waals surface area contributed by atoms with E-state index in [0.717, 1.165) is 0 Å². The number of phenols is 1. The zero-order chi connectivity index (χ0) is 14.3. The first-order chi connectivity index (χ1) is 9.04. The number of aromatic hydroxyl groups is 1. The fourth-order valence-corrected chi connectivity index (χ4v) is 1.62. The van der Waals surface area contributed by atoms with E-state index in [9.17, 15) is 14.7 Å². The molecule has 0 heterocycles. The zero-order valence-corrected chi connectivity index (χ0v) is 11.3. The van der Waals surface area contributed by atoms with Gasteiger partial charge in [-0.15, -0.1) is 0 Å². The summed E-state index contributed by atoms with van der Waals surface area (Å²) in [5.41, 5.74) is 0.675. The predicted octanol–water partition coefficient (Wildman–Crippen LogP) is 1.69. The molecule has 5 nitrogen and oxygen atoms in total. The number of amides is 1. The van der Waals surface area contributed by atoms with E-state index in [-0.39, 0.29) is 30.5 Å². The normalized spacial score (nSPS) is 10.0. The molecule has 0 bridgehead atoms. The molecule has 0 aromatic heterocycles. The van der Waals surface area contributed by atoms with Gasteiger partial charge in [0.15, 0.2) is 0 Å². The Bertz CT molecular complexity index is 445. The van der Waals surface area contributed by atoms with Gasteiger partial charge >= 0.3 is 5.97 Å². The molecule has 0 atom stereocenters. The van der Waals surface area contributed by atoms with Crippen LogP contribution in [0.2, 0.25) is 0 Å². The van der Waals surface area contributed by atoms with Gasteiger partial charge < -0.3 is 14.7 Å². The van der Waals surface area contributed by atoms with Crippen molar-refractivity contribution >= 4 is 11.9 Å². The van der Waals surface area contributed by atoms with E-state index < -0.39 is 0 Å². The number of nitrogens with zero attached hydrogens (tertiary/aromatic N) is 1. The van der Waals surface area contributed by atoms with Gasteiger partial charge in [-0.25, -0.2) is 0 Å². The number of para-hydroxylation sites is 1. The number of carbonyl (C=O) groups is 2. The molecule has 0 spiro atoms. The van der Waals surface area contributed by atoms with Crippen molar-refractivity contribution in [3.05, 3.63) is 29.8 Å². The van der Waals surface area contributed by atoms with E-state index in [0.29, 0.717) is 18.7 Å². The smallest absolute Gasteiger partial charge is 0.306 e. The summed E-state index contributed by atoms with van der Waals surface area (Å²) >= 11 is 0. The number of hydrogen-bond acceptors (Lipinski definition) is 4. The van der Waals surface area contributed by atoms with Crippen LogP contribution in [0.4, 0.5) is 0 Å². The van der Waals surface area contributed by atoms with Crippen LogP contribution in [0.1, 0.15) is 25.3 Å². The molecule has 0 aliphatic heterocycles. The molecule has 104 valence electrons. The number of phenolic OH excluding ortho intramolecular Hbond substituents is 1. The standard InChI is InChI=1S/C14H19NO4/c1-3-19-14(18)9-8-13(17)15(2)10-11-6-4-5-7-12(11)16/h4-7,16H,3,8-10H2,1-2H3. The minimum atomic E-state index is -0.369. The Balaban J connectivity index is 2.45. The molecule has 1 aromatic rings. The summed E-state index contributed by atoms with van der Waals surface area (Å²) in [6, 6.07) is 6.85. The molecule has 0 aliphatic carbocycles. The maximum absolute atomic E-state index is 11.8. The van der Waals surface area contributed by atoms with Crippen molar-refractivity contribution in [2.24, 2.45) is 0 Å². The Hall–Kier alpha value is -2.04. The summed E-state index contributed by atoms with van der Waals surface area (Å²) in [5.74, 6) is -0.365. The molecule has 0 aliphatic rings. The van der Waals surface area contributed by atoms with Gasteiger partial charge in [0.25, 0.3) is 0 Å². The van der Waals surface area contributed by atoms with E-state index >= 15 is 0 Å². The quantitative estimate of drug-likeness (QED) is 0.795. The second kappa shape index (κ2) is 7.41. The van der Waals surface area contributed by atoms with Crippen molar-refractivity contribution in [3.63, 3.8) is 0 Å². The third-order valence-electron chi connectivity index (χ3n) is 2.67. The maximum atomic E-state index is 11.8. The lowest BCUT2D eigenvalue weighted by molar-refractivity contribution is -0.145. The second-order valence-corrected chi connectivity index (χ2v) is 4.18. The average Bonchev–Trinajstić information content (AvgIpc) is 2.39. The van der Waals surface area contributed by atoms with Crippen LogP contribution in [-0.2, 0) is 20.9 Å². The van der Waals surface area contributed by atoms with Crippen LogP contribution in [0.5, 0.6) is 5.75 Å². The number of ether oxygens (including phenoxy) is 1. The summed E-state index contributed by atoms with van der Waals surface area (Å²) in [5, 5.41) is 9.62. The fraction of sp³-hybridized carbons (Fsp3) is 0.429. The topological polar surface area (TPSA) is 66.8 Å². The van der Waals surface area contributed by atoms with Gasteiger partial charge in [0.1, 0.15) is 5.75 Å². The van der Waals surface area contributed by atoms with E-state index in [1.54, 1.807) is 38.2 Å². The summed E-state index contributed by atoms with van der Waals surface area (Å²) in [4.78, 5) is 24.4. The Kier molecular flexibility index (Phi) is 5.85. The fourth-order valence-electron chi connectivity index (χ4n) is 1.62. The molecule has 0 radical (unpaired) electrons. The van der Waals surface area contributed by atoms with Gasteiger partial charge in [-0.2, -0.15) is 0 Å². The SMILES string of the molecule is CCOC(=O)CCC(=O)N(C)Cc1ccccc1O.